The zero-order valence-electron chi connectivity index (χ0n) is 13.4. The molecule has 0 aromatic carbocycles. The van der Waals surface area contributed by atoms with Crippen LogP contribution < -0.4 is 0 Å². The summed E-state index contributed by atoms with van der Waals surface area (Å²) < 4.78 is 1.86. The molecule has 0 N–H and O–H groups in total. The van der Waals surface area contributed by atoms with Gasteiger partial charge in [-0.05, 0) is 38.0 Å². The number of aryl methyl sites for hydroxylation is 1. The second kappa shape index (κ2) is 6.42. The normalized spacial score (nSPS) is 12.3. The molecule has 3 rings (SSSR count). The van der Waals surface area contributed by atoms with Gasteiger partial charge in [-0.25, -0.2) is 4.68 Å². The van der Waals surface area contributed by atoms with Crippen LogP contribution in [0.25, 0.3) is 11.3 Å². The highest BCUT2D eigenvalue weighted by molar-refractivity contribution is 7.12. The Labute approximate surface area is 139 Å². The lowest BCUT2D eigenvalue weighted by molar-refractivity contribution is 0.102. The molecule has 1 atom stereocenters. The minimum atomic E-state index is 0.0587. The number of Topliss-reactive ketones (excluding diaryl/α,β-unsaturated/α-hetero) is 1. The number of carbonyl (C=O) groups is 1. The third-order valence-corrected chi connectivity index (χ3v) is 4.86. The van der Waals surface area contributed by atoms with Gasteiger partial charge in [-0.15, -0.1) is 16.4 Å². The van der Waals surface area contributed by atoms with Crippen LogP contribution in [-0.2, 0) is 0 Å². The van der Waals surface area contributed by atoms with E-state index in [-0.39, 0.29) is 11.8 Å². The van der Waals surface area contributed by atoms with Crippen LogP contribution in [-0.4, -0.2) is 25.8 Å². The van der Waals surface area contributed by atoms with Crippen LogP contribution in [0.5, 0.6) is 0 Å². The summed E-state index contributed by atoms with van der Waals surface area (Å²) in [5, 5.41) is 10.5. The lowest BCUT2D eigenvalue weighted by Crippen LogP contribution is -2.13. The fourth-order valence-electron chi connectivity index (χ4n) is 2.57. The van der Waals surface area contributed by atoms with E-state index in [0.29, 0.717) is 0 Å². The van der Waals surface area contributed by atoms with E-state index in [0.717, 1.165) is 33.8 Å². The van der Waals surface area contributed by atoms with Crippen LogP contribution in [0.1, 0.15) is 47.2 Å². The Kier molecular flexibility index (Phi) is 4.34. The van der Waals surface area contributed by atoms with E-state index in [4.69, 9.17) is 0 Å². The summed E-state index contributed by atoms with van der Waals surface area (Å²) in [4.78, 5) is 16.7. The molecule has 3 heterocycles. The maximum absolute atomic E-state index is 11.4. The van der Waals surface area contributed by atoms with Crippen LogP contribution in [0, 0.1) is 6.92 Å². The van der Waals surface area contributed by atoms with Gasteiger partial charge in [0.25, 0.3) is 0 Å². The Bertz CT molecular complexity index is 836. The summed E-state index contributed by atoms with van der Waals surface area (Å²) in [5.41, 5.74) is 3.87. The molecule has 0 unspecified atom stereocenters. The van der Waals surface area contributed by atoms with Gasteiger partial charge in [-0.1, -0.05) is 18.2 Å². The maximum atomic E-state index is 11.4. The summed E-state index contributed by atoms with van der Waals surface area (Å²) in [5.74, 6) is 0.0733. The van der Waals surface area contributed by atoms with Crippen LogP contribution in [0.3, 0.4) is 0 Å². The van der Waals surface area contributed by atoms with Crippen molar-refractivity contribution >= 4 is 17.1 Å². The number of hydrogen-bond donors (Lipinski definition) is 0. The topological polar surface area (TPSA) is 60.7 Å². The van der Waals surface area contributed by atoms with Crippen molar-refractivity contribution in [3.05, 3.63) is 52.1 Å². The summed E-state index contributed by atoms with van der Waals surface area (Å²) in [6.45, 7) is 5.74. The Morgan fingerprint density at radius 1 is 1.43 bits per heavy atom. The van der Waals surface area contributed by atoms with Crippen molar-refractivity contribution in [2.24, 2.45) is 0 Å². The van der Waals surface area contributed by atoms with Crippen LogP contribution in [0.4, 0.5) is 0 Å². The van der Waals surface area contributed by atoms with Gasteiger partial charge in [0.05, 0.1) is 22.8 Å². The zero-order chi connectivity index (χ0) is 16.4. The molecular formula is C17H18N4OS. The average molecular weight is 326 g/mol. The fraction of sp³-hybridized carbons (Fsp3) is 0.294. The zero-order valence-corrected chi connectivity index (χ0v) is 14.2. The highest BCUT2D eigenvalue weighted by atomic mass is 32.1. The second-order valence-corrected chi connectivity index (χ2v) is 6.38. The molecule has 3 aromatic heterocycles. The fourth-order valence-corrected chi connectivity index (χ4v) is 3.37. The number of thiophene rings is 1. The van der Waals surface area contributed by atoms with Gasteiger partial charge in [0.2, 0.25) is 0 Å². The van der Waals surface area contributed by atoms with Crippen LogP contribution >= 0.6 is 11.3 Å². The molecule has 0 bridgehead atoms. The molecule has 0 spiro atoms. The Hall–Kier alpha value is -2.34. The maximum Gasteiger partial charge on any atom is 0.169 e. The summed E-state index contributed by atoms with van der Waals surface area (Å²) in [6.07, 6.45) is 4.61. The van der Waals surface area contributed by atoms with Crippen molar-refractivity contribution in [2.45, 2.75) is 33.2 Å². The smallest absolute Gasteiger partial charge is 0.169 e. The number of pyridine rings is 1. The number of aromatic nitrogens is 4. The van der Waals surface area contributed by atoms with Crippen molar-refractivity contribution in [3.8, 4) is 11.3 Å². The van der Waals surface area contributed by atoms with Crippen LogP contribution in [0.15, 0.2) is 36.0 Å². The van der Waals surface area contributed by atoms with Crippen molar-refractivity contribution in [1.82, 2.24) is 20.0 Å². The quantitative estimate of drug-likeness (QED) is 0.667. The molecular weight excluding hydrogens is 308 g/mol. The highest BCUT2D eigenvalue weighted by Gasteiger charge is 2.18. The molecule has 5 nitrogen and oxygen atoms in total. The second-order valence-electron chi connectivity index (χ2n) is 5.47. The number of rotatable bonds is 5. The third kappa shape index (κ3) is 3.07. The van der Waals surface area contributed by atoms with Gasteiger partial charge in [-0.2, -0.15) is 0 Å². The third-order valence-electron chi connectivity index (χ3n) is 3.82. The van der Waals surface area contributed by atoms with Gasteiger partial charge < -0.3 is 0 Å². The SMILES string of the molecule is CC[C@@H](c1ncccc1C)n1cc(-c2csc(C(C)=O)c2)nn1. The number of nitrogens with zero attached hydrogens (tertiary/aromatic N) is 4. The first-order valence-corrected chi connectivity index (χ1v) is 8.41. The van der Waals surface area contributed by atoms with Crippen molar-refractivity contribution in [1.29, 1.82) is 0 Å². The van der Waals surface area contributed by atoms with E-state index in [1.165, 1.54) is 11.3 Å². The molecule has 23 heavy (non-hydrogen) atoms. The largest absolute Gasteiger partial charge is 0.294 e. The van der Waals surface area contributed by atoms with Crippen molar-refractivity contribution < 1.29 is 4.79 Å². The molecule has 0 saturated heterocycles. The molecule has 6 heteroatoms. The van der Waals surface area contributed by atoms with Crippen molar-refractivity contribution in [3.63, 3.8) is 0 Å². The predicted octanol–water partition coefficient (Wildman–Crippen LogP) is 3.91. The average Bonchev–Trinajstić information content (AvgIpc) is 3.18. The lowest BCUT2D eigenvalue weighted by atomic mass is 10.1. The minimum Gasteiger partial charge on any atom is -0.294 e. The van der Waals surface area contributed by atoms with E-state index in [1.54, 1.807) is 13.1 Å². The van der Waals surface area contributed by atoms with E-state index in [2.05, 4.69) is 35.2 Å². The van der Waals surface area contributed by atoms with Gasteiger partial charge in [-0.3, -0.25) is 9.78 Å². The summed E-state index contributed by atoms with van der Waals surface area (Å²) >= 11 is 1.44. The predicted molar refractivity (Wildman–Crippen MR) is 90.7 cm³/mol. The minimum absolute atomic E-state index is 0.0587. The molecule has 0 fully saturated rings. The molecule has 0 aliphatic carbocycles. The van der Waals surface area contributed by atoms with Crippen LogP contribution in [0.2, 0.25) is 0 Å². The summed E-state index contributed by atoms with van der Waals surface area (Å²) in [7, 11) is 0. The van der Waals surface area contributed by atoms with E-state index >= 15 is 0 Å². The Morgan fingerprint density at radius 3 is 2.91 bits per heavy atom. The van der Waals surface area contributed by atoms with E-state index in [9.17, 15) is 4.79 Å². The lowest BCUT2D eigenvalue weighted by Gasteiger charge is -2.16. The molecule has 0 saturated carbocycles. The molecule has 0 aliphatic heterocycles. The first kappa shape index (κ1) is 15.6. The number of hydrogen-bond acceptors (Lipinski definition) is 5. The van der Waals surface area contributed by atoms with Gasteiger partial charge >= 0.3 is 0 Å². The van der Waals surface area contributed by atoms with Gasteiger partial charge in [0.1, 0.15) is 5.69 Å². The molecule has 3 aromatic rings. The first-order valence-electron chi connectivity index (χ1n) is 7.53. The Balaban J connectivity index is 1.93. The van der Waals surface area contributed by atoms with E-state index in [1.807, 2.05) is 28.4 Å². The van der Waals surface area contributed by atoms with Crippen molar-refractivity contribution in [2.75, 3.05) is 0 Å². The van der Waals surface area contributed by atoms with Gasteiger partial charge in [0.15, 0.2) is 5.78 Å². The highest BCUT2D eigenvalue weighted by Crippen LogP contribution is 2.27. The first-order chi connectivity index (χ1) is 11.1. The molecule has 118 valence electrons. The molecule has 0 amide bonds. The number of ketones is 1. The molecule has 0 aliphatic rings. The number of carbonyl (C=O) groups excluding carboxylic acids is 1. The molecule has 0 radical (unpaired) electrons. The monoisotopic (exact) mass is 326 g/mol. The Morgan fingerprint density at radius 2 is 2.26 bits per heavy atom. The van der Waals surface area contributed by atoms with E-state index < -0.39 is 0 Å². The summed E-state index contributed by atoms with van der Waals surface area (Å²) in [6, 6.07) is 5.92. The van der Waals surface area contributed by atoms with Gasteiger partial charge in [0, 0.05) is 17.1 Å². The standard InChI is InChI=1S/C17H18N4OS/c1-4-15(17-11(2)6-5-7-18-17)21-9-14(19-20-21)13-8-16(12(3)22)23-10-13/h5-10,15H,4H2,1-3H3/t15-/m0/s1.